The number of rotatable bonds is 13. The molecule has 3 atom stereocenters. The molecule has 1 unspecified atom stereocenters. The Hall–Kier alpha value is -2.37. The molecule has 1 saturated heterocycles. The highest BCUT2D eigenvalue weighted by Crippen LogP contribution is 2.50. The number of aliphatic hydroxyl groups excluding tert-OH is 1. The summed E-state index contributed by atoms with van der Waals surface area (Å²) >= 11 is 0. The Labute approximate surface area is 233 Å². The Kier molecular flexibility index (Phi) is 11.4. The number of carbonyl (C=O) groups excluding carboxylic acids is 1. The molecule has 0 bridgehead atoms. The van der Waals surface area contributed by atoms with Crippen LogP contribution in [0.2, 0.25) is 0 Å². The number of halogens is 1. The molecule has 1 heterocycles. The highest BCUT2D eigenvalue weighted by Gasteiger charge is 2.32. The average molecular weight is 565 g/mol. The molecule has 0 aromatic heterocycles. The summed E-state index contributed by atoms with van der Waals surface area (Å²) < 4.78 is 38.5. The molecule has 8 nitrogen and oxygen atoms in total. The quantitative estimate of drug-likeness (QED) is 0.197. The van der Waals surface area contributed by atoms with E-state index in [2.05, 4.69) is 36.7 Å². The van der Waals surface area contributed by atoms with E-state index in [-0.39, 0.29) is 36.1 Å². The van der Waals surface area contributed by atoms with Crippen LogP contribution in [0.3, 0.4) is 0 Å². The van der Waals surface area contributed by atoms with Crippen LogP contribution in [0.1, 0.15) is 62.9 Å². The summed E-state index contributed by atoms with van der Waals surface area (Å²) in [7, 11) is -3.19. The Bertz CT molecular complexity index is 1070. The van der Waals surface area contributed by atoms with Gasteiger partial charge in [-0.1, -0.05) is 44.2 Å². The zero-order chi connectivity index (χ0) is 28.6. The molecule has 1 aliphatic rings. The molecule has 2 aromatic rings. The van der Waals surface area contributed by atoms with Crippen LogP contribution < -0.4 is 20.3 Å². The van der Waals surface area contributed by atoms with Crippen LogP contribution in [-0.2, 0) is 6.42 Å². The molecular formula is C29H45FN4O4S. The lowest BCUT2D eigenvalue weighted by molar-refractivity contribution is 0.0821. The monoisotopic (exact) mass is 564 g/mol. The van der Waals surface area contributed by atoms with Gasteiger partial charge in [0.05, 0.1) is 29.1 Å². The lowest BCUT2D eigenvalue weighted by atomic mass is 9.99. The van der Waals surface area contributed by atoms with E-state index in [4.69, 9.17) is 0 Å². The Morgan fingerprint density at radius 2 is 1.85 bits per heavy atom. The first kappa shape index (κ1) is 31.2. The molecule has 0 radical (unpaired) electrons. The predicted octanol–water partition coefficient (Wildman–Crippen LogP) is 5.25. The zero-order valence-electron chi connectivity index (χ0n) is 23.5. The average Bonchev–Trinajstić information content (AvgIpc) is 2.88. The number of nitrogens with one attached hydrogen (secondary N) is 3. The fourth-order valence-electron chi connectivity index (χ4n) is 5.00. The maximum Gasteiger partial charge on any atom is 0.254 e. The third kappa shape index (κ3) is 8.81. The molecule has 39 heavy (non-hydrogen) atoms. The second kappa shape index (κ2) is 14.3. The topological polar surface area (TPSA) is 117 Å². The molecule has 1 amide bonds. The van der Waals surface area contributed by atoms with Crippen molar-refractivity contribution < 1.29 is 23.4 Å². The predicted molar refractivity (Wildman–Crippen MR) is 159 cm³/mol. The molecule has 0 aliphatic carbocycles. The van der Waals surface area contributed by atoms with Gasteiger partial charge in [-0.15, -0.1) is 10.8 Å². The summed E-state index contributed by atoms with van der Waals surface area (Å²) in [6.07, 6.45) is 1.72. The van der Waals surface area contributed by atoms with Crippen molar-refractivity contribution in [3.05, 3.63) is 59.4 Å². The van der Waals surface area contributed by atoms with E-state index in [1.807, 2.05) is 37.3 Å². The van der Waals surface area contributed by atoms with Gasteiger partial charge in [-0.05, 0) is 63.1 Å². The highest BCUT2D eigenvalue weighted by atomic mass is 32.3. The number of anilines is 2. The van der Waals surface area contributed by atoms with E-state index in [0.29, 0.717) is 37.4 Å². The molecular weight excluding hydrogens is 519 g/mol. The van der Waals surface area contributed by atoms with Crippen molar-refractivity contribution in [3.63, 3.8) is 0 Å². The third-order valence-electron chi connectivity index (χ3n) is 6.91. The third-order valence-corrected chi connectivity index (χ3v) is 8.83. The van der Waals surface area contributed by atoms with Crippen molar-refractivity contribution in [2.45, 2.75) is 71.6 Å². The molecule has 218 valence electrons. The normalized spacial score (nSPS) is 18.3. The van der Waals surface area contributed by atoms with Crippen LogP contribution >= 0.6 is 10.8 Å². The number of nitrogens with zero attached hydrogens (tertiary/aromatic N) is 1. The van der Waals surface area contributed by atoms with Gasteiger partial charge in [0.2, 0.25) is 0 Å². The van der Waals surface area contributed by atoms with Crippen LogP contribution in [-0.4, -0.2) is 63.7 Å². The van der Waals surface area contributed by atoms with Crippen LogP contribution in [0.4, 0.5) is 15.8 Å². The Morgan fingerprint density at radius 3 is 2.49 bits per heavy atom. The van der Waals surface area contributed by atoms with Gasteiger partial charge >= 0.3 is 0 Å². The summed E-state index contributed by atoms with van der Waals surface area (Å²) in [5.41, 5.74) is 1.21. The van der Waals surface area contributed by atoms with E-state index in [0.717, 1.165) is 12.0 Å². The number of amides is 1. The number of hydrogen-bond acceptors (Lipinski definition) is 7. The van der Waals surface area contributed by atoms with Gasteiger partial charge < -0.3 is 21.1 Å². The summed E-state index contributed by atoms with van der Waals surface area (Å²) in [5.74, 6) is -0.818. The van der Waals surface area contributed by atoms with Crippen molar-refractivity contribution in [2.24, 2.45) is 5.92 Å². The van der Waals surface area contributed by atoms with Gasteiger partial charge in [0.15, 0.2) is 5.82 Å². The standard InChI is InChI=1S/C29H45FN4O4S/c1-5-31-23-17-24(28(30)26(18-23)34-13-9-10-14-39(34,37)38)29(36)33-25(16-22-11-7-6-8-12-22)27(35)19-32-21(4)15-20(2)3/h6-8,11-12,17-18,20-21,25,27,31-32,35,37-38H,5,9-10,13-16,19H2,1-4H3,(H,33,36)/t21?,25-,27+/m0/s1. The van der Waals surface area contributed by atoms with E-state index >= 15 is 4.39 Å². The van der Waals surface area contributed by atoms with Crippen molar-refractivity contribution in [2.75, 3.05) is 35.0 Å². The molecule has 10 heteroatoms. The summed E-state index contributed by atoms with van der Waals surface area (Å²) in [5, 5.41) is 20.5. The van der Waals surface area contributed by atoms with Crippen LogP contribution in [0, 0.1) is 11.7 Å². The SMILES string of the molecule is CCNc1cc(C(=O)N[C@@H](Cc2ccccc2)[C@H](O)CNC(C)CC(C)C)c(F)c(N2CCCCS2(O)O)c1. The van der Waals surface area contributed by atoms with E-state index in [1.54, 1.807) is 0 Å². The first-order valence-electron chi connectivity index (χ1n) is 13.9. The first-order chi connectivity index (χ1) is 18.5. The molecule has 0 spiro atoms. The number of aliphatic hydroxyl groups is 1. The van der Waals surface area contributed by atoms with Gasteiger partial charge in [-0.2, -0.15) is 0 Å². The molecule has 0 saturated carbocycles. The maximum absolute atomic E-state index is 15.9. The number of carbonyl (C=O) groups is 1. The van der Waals surface area contributed by atoms with Crippen molar-refractivity contribution in [1.29, 1.82) is 0 Å². The van der Waals surface area contributed by atoms with Gasteiger partial charge in [0.1, 0.15) is 0 Å². The second-order valence-electron chi connectivity index (χ2n) is 10.8. The fraction of sp³-hybridized carbons (Fsp3) is 0.552. The minimum Gasteiger partial charge on any atom is -0.390 e. The molecule has 2 aromatic carbocycles. The van der Waals surface area contributed by atoms with Crippen LogP contribution in [0.5, 0.6) is 0 Å². The zero-order valence-corrected chi connectivity index (χ0v) is 24.3. The summed E-state index contributed by atoms with van der Waals surface area (Å²) in [6.45, 7) is 9.32. The lowest BCUT2D eigenvalue weighted by Gasteiger charge is -2.47. The number of benzene rings is 2. The van der Waals surface area contributed by atoms with E-state index in [1.165, 1.54) is 16.4 Å². The minimum atomic E-state index is -3.19. The second-order valence-corrected chi connectivity index (χ2v) is 12.9. The van der Waals surface area contributed by atoms with Crippen molar-refractivity contribution in [1.82, 2.24) is 10.6 Å². The summed E-state index contributed by atoms with van der Waals surface area (Å²) in [6, 6.07) is 12.0. The van der Waals surface area contributed by atoms with Crippen LogP contribution in [0.15, 0.2) is 42.5 Å². The Balaban J connectivity index is 1.89. The van der Waals surface area contributed by atoms with Crippen LogP contribution in [0.25, 0.3) is 0 Å². The Morgan fingerprint density at radius 1 is 1.13 bits per heavy atom. The lowest BCUT2D eigenvalue weighted by Crippen LogP contribution is -2.50. The van der Waals surface area contributed by atoms with E-state index < -0.39 is 34.6 Å². The van der Waals surface area contributed by atoms with Gasteiger partial charge in [-0.3, -0.25) is 18.2 Å². The number of hydrogen-bond donors (Lipinski definition) is 6. The van der Waals surface area contributed by atoms with Crippen molar-refractivity contribution >= 4 is 28.1 Å². The first-order valence-corrected chi connectivity index (χ1v) is 15.6. The molecule has 6 N–H and O–H groups in total. The van der Waals surface area contributed by atoms with E-state index in [9.17, 15) is 19.0 Å². The van der Waals surface area contributed by atoms with Gasteiger partial charge in [0, 0.05) is 31.4 Å². The maximum atomic E-state index is 15.9. The highest BCUT2D eigenvalue weighted by molar-refractivity contribution is 8.25. The smallest absolute Gasteiger partial charge is 0.254 e. The van der Waals surface area contributed by atoms with Gasteiger partial charge in [-0.25, -0.2) is 4.39 Å². The molecule has 1 aliphatic heterocycles. The van der Waals surface area contributed by atoms with Crippen molar-refractivity contribution in [3.8, 4) is 0 Å². The summed E-state index contributed by atoms with van der Waals surface area (Å²) in [4.78, 5) is 13.6. The minimum absolute atomic E-state index is 0.0114. The largest absolute Gasteiger partial charge is 0.390 e. The molecule has 1 fully saturated rings. The fourth-order valence-corrected chi connectivity index (χ4v) is 6.68. The van der Waals surface area contributed by atoms with Gasteiger partial charge in [0.25, 0.3) is 5.91 Å². The molecule has 3 rings (SSSR count).